The van der Waals surface area contributed by atoms with Crippen molar-refractivity contribution >= 4 is 5.70 Å². The van der Waals surface area contributed by atoms with Crippen molar-refractivity contribution in [1.29, 1.82) is 0 Å². The van der Waals surface area contributed by atoms with E-state index in [-0.39, 0.29) is 11.8 Å². The Morgan fingerprint density at radius 3 is 2.79 bits per heavy atom. The third kappa shape index (κ3) is 3.18. The van der Waals surface area contributed by atoms with Crippen molar-refractivity contribution in [1.82, 2.24) is 10.4 Å². The second kappa shape index (κ2) is 7.39. The lowest BCUT2D eigenvalue weighted by Crippen LogP contribution is -3.14. The van der Waals surface area contributed by atoms with Gasteiger partial charge in [0, 0.05) is 11.1 Å². The summed E-state index contributed by atoms with van der Waals surface area (Å²) < 4.78 is 12.2. The monoisotopic (exact) mass is 392 g/mol. The number of ether oxygens (including phenoxy) is 2. The first-order valence-corrected chi connectivity index (χ1v) is 10.8. The third-order valence-corrected chi connectivity index (χ3v) is 6.54. The van der Waals surface area contributed by atoms with E-state index >= 15 is 0 Å². The highest BCUT2D eigenvalue weighted by atomic mass is 16.5. The number of quaternary nitrogens is 1. The van der Waals surface area contributed by atoms with Crippen molar-refractivity contribution in [2.24, 2.45) is 0 Å². The van der Waals surface area contributed by atoms with E-state index in [4.69, 9.17) is 9.47 Å². The van der Waals surface area contributed by atoms with Crippen LogP contribution in [0, 0.1) is 0 Å². The first-order valence-electron chi connectivity index (χ1n) is 10.8. The number of rotatable bonds is 4. The van der Waals surface area contributed by atoms with Crippen LogP contribution in [0.3, 0.4) is 0 Å². The lowest BCUT2D eigenvalue weighted by Gasteiger charge is -2.50. The molecule has 3 heterocycles. The minimum Gasteiger partial charge on any atom is -0.497 e. The average Bonchev–Trinajstić information content (AvgIpc) is 3.23. The van der Waals surface area contributed by atoms with Crippen molar-refractivity contribution in [3.63, 3.8) is 0 Å². The number of hydrogen-bond donors (Lipinski definition) is 2. The molecule has 5 heteroatoms. The topological polar surface area (TPSA) is 38.2 Å². The molecule has 0 aromatic heterocycles. The van der Waals surface area contributed by atoms with E-state index in [1.165, 1.54) is 18.5 Å². The summed E-state index contributed by atoms with van der Waals surface area (Å²) >= 11 is 0. The first-order chi connectivity index (χ1) is 14.2. The van der Waals surface area contributed by atoms with Gasteiger partial charge in [0.25, 0.3) is 0 Å². The summed E-state index contributed by atoms with van der Waals surface area (Å²) in [6.45, 7) is 5.81. The highest BCUT2D eigenvalue weighted by Crippen LogP contribution is 2.47. The molecule has 1 atom stereocenters. The standard InChI is InChI=1S/C24H29N3O2/c1-3-13-26-14-11-24(12-15-26)27-22(20-9-4-5-10-23(20)29-24)17-21(25-27)18-7-6-8-19(16-18)28-2/h4-10,16-17,22,25H,3,11-15H2,1-2H3/p+1/t22-/m1/s1. The maximum atomic E-state index is 6.72. The van der Waals surface area contributed by atoms with Crippen molar-refractivity contribution in [3.05, 3.63) is 65.7 Å². The second-order valence-electron chi connectivity index (χ2n) is 8.33. The van der Waals surface area contributed by atoms with Crippen LogP contribution in [-0.2, 0) is 0 Å². The predicted octanol–water partition coefficient (Wildman–Crippen LogP) is 2.78. The molecule has 5 rings (SSSR count). The Hall–Kier alpha value is -2.50. The third-order valence-electron chi connectivity index (χ3n) is 6.54. The molecule has 2 aromatic rings. The number of para-hydroxylation sites is 1. The van der Waals surface area contributed by atoms with Gasteiger partial charge in [-0.05, 0) is 30.7 Å². The molecule has 3 aliphatic rings. The first kappa shape index (κ1) is 18.5. The average molecular weight is 393 g/mol. The van der Waals surface area contributed by atoms with Crippen LogP contribution in [0.1, 0.15) is 43.4 Å². The maximum Gasteiger partial charge on any atom is 0.191 e. The van der Waals surface area contributed by atoms with E-state index in [2.05, 4.69) is 59.8 Å². The number of fused-ring (bicyclic) bond motifs is 4. The van der Waals surface area contributed by atoms with Crippen LogP contribution in [0.15, 0.2) is 54.6 Å². The van der Waals surface area contributed by atoms with Crippen LogP contribution in [-0.4, -0.2) is 37.5 Å². The van der Waals surface area contributed by atoms with E-state index in [9.17, 15) is 0 Å². The smallest absolute Gasteiger partial charge is 0.191 e. The summed E-state index contributed by atoms with van der Waals surface area (Å²) in [6, 6.07) is 16.9. The van der Waals surface area contributed by atoms with Crippen molar-refractivity contribution < 1.29 is 14.4 Å². The maximum absolute atomic E-state index is 6.72. The van der Waals surface area contributed by atoms with Gasteiger partial charge in [0.2, 0.25) is 0 Å². The molecule has 29 heavy (non-hydrogen) atoms. The largest absolute Gasteiger partial charge is 0.497 e. The molecule has 1 saturated heterocycles. The molecule has 1 fully saturated rings. The van der Waals surface area contributed by atoms with Gasteiger partial charge in [0.05, 0.1) is 51.3 Å². The lowest BCUT2D eigenvalue weighted by molar-refractivity contribution is -0.908. The van der Waals surface area contributed by atoms with Gasteiger partial charge in [0.15, 0.2) is 5.72 Å². The fourth-order valence-corrected chi connectivity index (χ4v) is 5.02. The number of methoxy groups -OCH3 is 1. The van der Waals surface area contributed by atoms with Gasteiger partial charge in [-0.15, -0.1) is 0 Å². The van der Waals surface area contributed by atoms with Crippen LogP contribution >= 0.6 is 0 Å². The van der Waals surface area contributed by atoms with Gasteiger partial charge < -0.3 is 19.8 Å². The van der Waals surface area contributed by atoms with Crippen molar-refractivity contribution in [2.75, 3.05) is 26.7 Å². The molecule has 152 valence electrons. The highest BCUT2D eigenvalue weighted by molar-refractivity contribution is 5.68. The number of piperidine rings is 1. The van der Waals surface area contributed by atoms with Crippen LogP contribution < -0.4 is 19.8 Å². The molecule has 0 bridgehead atoms. The van der Waals surface area contributed by atoms with Gasteiger partial charge in [-0.1, -0.05) is 37.3 Å². The molecular weight excluding hydrogens is 362 g/mol. The van der Waals surface area contributed by atoms with Crippen LogP contribution in [0.25, 0.3) is 5.70 Å². The number of hydrogen-bond acceptors (Lipinski definition) is 4. The van der Waals surface area contributed by atoms with E-state index < -0.39 is 0 Å². The van der Waals surface area contributed by atoms with Crippen molar-refractivity contribution in [3.8, 4) is 11.5 Å². The zero-order chi connectivity index (χ0) is 19.8. The lowest BCUT2D eigenvalue weighted by atomic mass is 9.92. The van der Waals surface area contributed by atoms with Crippen molar-refractivity contribution in [2.45, 2.75) is 38.0 Å². The van der Waals surface area contributed by atoms with Crippen LogP contribution in [0.2, 0.25) is 0 Å². The quantitative estimate of drug-likeness (QED) is 0.839. The van der Waals surface area contributed by atoms with Crippen LogP contribution in [0.4, 0.5) is 0 Å². The molecule has 5 nitrogen and oxygen atoms in total. The Kier molecular flexibility index (Phi) is 4.72. The van der Waals surface area contributed by atoms with E-state index in [1.807, 2.05) is 12.1 Å². The number of hydrazine groups is 1. The predicted molar refractivity (Wildman–Crippen MR) is 114 cm³/mol. The Bertz CT molecular complexity index is 918. The summed E-state index contributed by atoms with van der Waals surface area (Å²) in [7, 11) is 1.71. The van der Waals surface area contributed by atoms with Gasteiger partial charge in [-0.2, -0.15) is 5.01 Å². The second-order valence-corrected chi connectivity index (χ2v) is 8.33. The molecule has 2 N–H and O–H groups in total. The van der Waals surface area contributed by atoms with Gasteiger partial charge in [0.1, 0.15) is 11.5 Å². The minimum atomic E-state index is -0.298. The zero-order valence-corrected chi connectivity index (χ0v) is 17.3. The number of nitrogens with one attached hydrogen (secondary N) is 2. The fourth-order valence-electron chi connectivity index (χ4n) is 5.02. The summed E-state index contributed by atoms with van der Waals surface area (Å²) in [4.78, 5) is 1.69. The minimum absolute atomic E-state index is 0.175. The number of benzene rings is 2. The number of nitrogens with zero attached hydrogens (tertiary/aromatic N) is 1. The zero-order valence-electron chi connectivity index (χ0n) is 17.3. The Balaban J connectivity index is 1.50. The number of likely N-dealkylation sites (tertiary alicyclic amines) is 1. The summed E-state index contributed by atoms with van der Waals surface area (Å²) in [5.41, 5.74) is 6.91. The Morgan fingerprint density at radius 2 is 2.00 bits per heavy atom. The SMILES string of the molecule is CCC[NH+]1CCC2(CC1)Oc1ccccc1[C@H]1C=C(c3cccc(OC)c3)NN12. The molecule has 0 saturated carbocycles. The summed E-state index contributed by atoms with van der Waals surface area (Å²) in [5.74, 6) is 1.90. The molecular formula is C24H30N3O2+. The van der Waals surface area contributed by atoms with Gasteiger partial charge in [-0.25, -0.2) is 0 Å². The fraction of sp³-hybridized carbons (Fsp3) is 0.417. The molecule has 0 radical (unpaired) electrons. The molecule has 0 amide bonds. The summed E-state index contributed by atoms with van der Waals surface area (Å²) in [5, 5.41) is 2.37. The van der Waals surface area contributed by atoms with Crippen LogP contribution in [0.5, 0.6) is 11.5 Å². The molecule has 0 aliphatic carbocycles. The molecule has 1 spiro atoms. The normalized spacial score (nSPS) is 28.1. The molecule has 2 aromatic carbocycles. The van der Waals surface area contributed by atoms with Gasteiger partial charge >= 0.3 is 0 Å². The molecule has 3 aliphatic heterocycles. The van der Waals surface area contributed by atoms with E-state index in [1.54, 1.807) is 12.0 Å². The van der Waals surface area contributed by atoms with E-state index in [0.29, 0.717) is 0 Å². The molecule has 0 unspecified atom stereocenters. The van der Waals surface area contributed by atoms with E-state index in [0.717, 1.165) is 48.7 Å². The Labute approximate surface area is 172 Å². The highest BCUT2D eigenvalue weighted by Gasteiger charge is 2.52. The summed E-state index contributed by atoms with van der Waals surface area (Å²) in [6.07, 6.45) is 5.63. The van der Waals surface area contributed by atoms with Gasteiger partial charge in [-0.3, -0.25) is 0 Å². The Morgan fingerprint density at radius 1 is 1.17 bits per heavy atom.